The lowest BCUT2D eigenvalue weighted by molar-refractivity contribution is 0.299. The summed E-state index contributed by atoms with van der Waals surface area (Å²) in [6, 6.07) is 8.35. The van der Waals surface area contributed by atoms with E-state index in [-0.39, 0.29) is 0 Å². The molecule has 20 heavy (non-hydrogen) atoms. The van der Waals surface area contributed by atoms with Crippen molar-refractivity contribution >= 4 is 0 Å². The Hall–Kier alpha value is -1.87. The molecule has 0 atom stereocenters. The Morgan fingerprint density at radius 1 is 1.15 bits per heavy atom. The first-order chi connectivity index (χ1) is 9.60. The van der Waals surface area contributed by atoms with Crippen LogP contribution in [0, 0.1) is 20.8 Å². The van der Waals surface area contributed by atoms with Crippen LogP contribution in [0.25, 0.3) is 0 Å². The van der Waals surface area contributed by atoms with E-state index in [0.29, 0.717) is 6.61 Å². The number of ether oxygens (including phenoxy) is 1. The Morgan fingerprint density at radius 3 is 2.60 bits per heavy atom. The molecule has 2 rings (SSSR count). The summed E-state index contributed by atoms with van der Waals surface area (Å²) in [6.07, 6.45) is 1.89. The zero-order chi connectivity index (χ0) is 14.5. The second-order valence-electron chi connectivity index (χ2n) is 5.18. The molecule has 0 bridgehead atoms. The van der Waals surface area contributed by atoms with E-state index in [1.54, 1.807) is 0 Å². The van der Waals surface area contributed by atoms with Crippen LogP contribution in [0.1, 0.15) is 27.9 Å². The zero-order valence-electron chi connectivity index (χ0n) is 12.7. The average molecular weight is 270 g/mol. The smallest absolute Gasteiger partial charge is 0.130 e. The molecule has 0 saturated heterocycles. The molecule has 3 nitrogen and oxygen atoms in total. The van der Waals surface area contributed by atoms with Gasteiger partial charge in [0.15, 0.2) is 0 Å². The maximum Gasteiger partial charge on any atom is 0.130 e. The van der Waals surface area contributed by atoms with Crippen LogP contribution in [0.15, 0.2) is 30.5 Å². The molecular weight excluding hydrogens is 248 g/mol. The third kappa shape index (κ3) is 3.58. The van der Waals surface area contributed by atoms with Gasteiger partial charge in [0.2, 0.25) is 0 Å². The predicted molar refractivity (Wildman–Crippen MR) is 82.0 cm³/mol. The van der Waals surface area contributed by atoms with Crippen LogP contribution in [0.5, 0.6) is 5.75 Å². The van der Waals surface area contributed by atoms with Crippen molar-refractivity contribution in [3.8, 4) is 5.75 Å². The molecule has 0 spiro atoms. The third-order valence-corrected chi connectivity index (χ3v) is 3.41. The molecule has 1 aromatic heterocycles. The van der Waals surface area contributed by atoms with Crippen molar-refractivity contribution in [2.24, 2.45) is 0 Å². The number of aryl methyl sites for hydroxylation is 2. The van der Waals surface area contributed by atoms with Crippen molar-refractivity contribution in [2.75, 3.05) is 7.05 Å². The van der Waals surface area contributed by atoms with Gasteiger partial charge in [0.05, 0.1) is 5.69 Å². The highest BCUT2D eigenvalue weighted by molar-refractivity contribution is 5.42. The highest BCUT2D eigenvalue weighted by Crippen LogP contribution is 2.24. The molecule has 0 saturated carbocycles. The van der Waals surface area contributed by atoms with Crippen molar-refractivity contribution in [3.63, 3.8) is 0 Å². The fourth-order valence-corrected chi connectivity index (χ4v) is 2.15. The molecule has 2 aromatic rings. The summed E-state index contributed by atoms with van der Waals surface area (Å²) in [6.45, 7) is 7.63. The van der Waals surface area contributed by atoms with E-state index in [0.717, 1.165) is 18.0 Å². The molecule has 0 aliphatic heterocycles. The third-order valence-electron chi connectivity index (χ3n) is 3.41. The maximum atomic E-state index is 5.91. The summed E-state index contributed by atoms with van der Waals surface area (Å²) >= 11 is 0. The van der Waals surface area contributed by atoms with Gasteiger partial charge in [0, 0.05) is 12.7 Å². The van der Waals surface area contributed by atoms with Gasteiger partial charge in [-0.2, -0.15) is 0 Å². The van der Waals surface area contributed by atoms with Gasteiger partial charge in [-0.25, -0.2) is 0 Å². The zero-order valence-corrected chi connectivity index (χ0v) is 12.7. The van der Waals surface area contributed by atoms with Crippen LogP contribution < -0.4 is 10.1 Å². The van der Waals surface area contributed by atoms with E-state index < -0.39 is 0 Å². The SMILES string of the molecule is CNCc1ccc(COc2cc(C)cc(C)c2C)nc1. The van der Waals surface area contributed by atoms with Gasteiger partial charge >= 0.3 is 0 Å². The maximum absolute atomic E-state index is 5.91. The standard InChI is InChI=1S/C17H22N2O/c1-12-7-13(2)14(3)17(8-12)20-11-16-6-5-15(9-18-4)10-19-16/h5-8,10,18H,9,11H2,1-4H3. The lowest BCUT2D eigenvalue weighted by Gasteiger charge is -2.12. The number of pyridine rings is 1. The quantitative estimate of drug-likeness (QED) is 0.905. The summed E-state index contributed by atoms with van der Waals surface area (Å²) in [7, 11) is 1.93. The number of hydrogen-bond acceptors (Lipinski definition) is 3. The van der Waals surface area contributed by atoms with Crippen LogP contribution in [0.2, 0.25) is 0 Å². The van der Waals surface area contributed by atoms with E-state index in [1.807, 2.05) is 19.3 Å². The monoisotopic (exact) mass is 270 g/mol. The van der Waals surface area contributed by atoms with Crippen LogP contribution in [-0.4, -0.2) is 12.0 Å². The van der Waals surface area contributed by atoms with Gasteiger partial charge in [0.25, 0.3) is 0 Å². The van der Waals surface area contributed by atoms with Crippen LogP contribution in [0.4, 0.5) is 0 Å². The van der Waals surface area contributed by atoms with E-state index in [1.165, 1.54) is 22.3 Å². The van der Waals surface area contributed by atoms with E-state index in [9.17, 15) is 0 Å². The number of nitrogens with zero attached hydrogens (tertiary/aromatic N) is 1. The minimum Gasteiger partial charge on any atom is -0.487 e. The van der Waals surface area contributed by atoms with E-state index in [4.69, 9.17) is 4.74 Å². The molecule has 1 heterocycles. The highest BCUT2D eigenvalue weighted by atomic mass is 16.5. The number of benzene rings is 1. The molecule has 1 N–H and O–H groups in total. The molecule has 3 heteroatoms. The second kappa shape index (κ2) is 6.53. The Kier molecular flexibility index (Phi) is 4.74. The summed E-state index contributed by atoms with van der Waals surface area (Å²) in [5.41, 5.74) is 5.81. The van der Waals surface area contributed by atoms with Gasteiger partial charge < -0.3 is 10.1 Å². The minimum atomic E-state index is 0.504. The van der Waals surface area contributed by atoms with E-state index in [2.05, 4.69) is 49.3 Å². The van der Waals surface area contributed by atoms with Crippen LogP contribution >= 0.6 is 0 Å². The highest BCUT2D eigenvalue weighted by Gasteiger charge is 2.05. The van der Waals surface area contributed by atoms with Crippen molar-refractivity contribution in [3.05, 3.63) is 58.4 Å². The van der Waals surface area contributed by atoms with Gasteiger partial charge in [-0.15, -0.1) is 0 Å². The number of hydrogen-bond donors (Lipinski definition) is 1. The van der Waals surface area contributed by atoms with Crippen molar-refractivity contribution in [2.45, 2.75) is 33.9 Å². The van der Waals surface area contributed by atoms with E-state index >= 15 is 0 Å². The molecule has 0 amide bonds. The molecule has 0 radical (unpaired) electrons. The normalized spacial score (nSPS) is 10.6. The first-order valence-electron chi connectivity index (χ1n) is 6.89. The Labute approximate surface area is 121 Å². The summed E-state index contributed by atoms with van der Waals surface area (Å²) in [5.74, 6) is 0.948. The lowest BCUT2D eigenvalue weighted by Crippen LogP contribution is -2.06. The first-order valence-corrected chi connectivity index (χ1v) is 6.89. The largest absolute Gasteiger partial charge is 0.487 e. The Balaban J connectivity index is 2.05. The van der Waals surface area contributed by atoms with Crippen molar-refractivity contribution < 1.29 is 4.74 Å². The Bertz CT molecular complexity index is 576. The first kappa shape index (κ1) is 14.5. The molecule has 106 valence electrons. The predicted octanol–water partition coefficient (Wildman–Crippen LogP) is 3.31. The fourth-order valence-electron chi connectivity index (χ4n) is 2.15. The van der Waals surface area contributed by atoms with Gasteiger partial charge in [-0.1, -0.05) is 12.1 Å². The van der Waals surface area contributed by atoms with Gasteiger partial charge in [-0.05, 0) is 62.2 Å². The molecule has 0 fully saturated rings. The van der Waals surface area contributed by atoms with Gasteiger partial charge in [-0.3, -0.25) is 4.98 Å². The fraction of sp³-hybridized carbons (Fsp3) is 0.353. The second-order valence-corrected chi connectivity index (χ2v) is 5.18. The van der Waals surface area contributed by atoms with Crippen LogP contribution in [0.3, 0.4) is 0 Å². The lowest BCUT2D eigenvalue weighted by atomic mass is 10.1. The Morgan fingerprint density at radius 2 is 1.95 bits per heavy atom. The number of nitrogens with one attached hydrogen (secondary N) is 1. The molecule has 0 unspecified atom stereocenters. The summed E-state index contributed by atoms with van der Waals surface area (Å²) in [4.78, 5) is 4.42. The molecule has 1 aromatic carbocycles. The van der Waals surface area contributed by atoms with Gasteiger partial charge in [0.1, 0.15) is 12.4 Å². The molecule has 0 aliphatic carbocycles. The van der Waals surface area contributed by atoms with Crippen molar-refractivity contribution in [1.29, 1.82) is 0 Å². The number of aromatic nitrogens is 1. The van der Waals surface area contributed by atoms with Crippen LogP contribution in [-0.2, 0) is 13.2 Å². The number of rotatable bonds is 5. The minimum absolute atomic E-state index is 0.504. The average Bonchev–Trinajstić information content (AvgIpc) is 2.43. The molecular formula is C17H22N2O. The summed E-state index contributed by atoms with van der Waals surface area (Å²) < 4.78 is 5.91. The van der Waals surface area contributed by atoms with Crippen molar-refractivity contribution in [1.82, 2.24) is 10.3 Å². The summed E-state index contributed by atoms with van der Waals surface area (Å²) in [5, 5.41) is 3.11. The topological polar surface area (TPSA) is 34.1 Å². The molecule has 0 aliphatic rings.